The third kappa shape index (κ3) is 8.55. The van der Waals surface area contributed by atoms with E-state index in [0.29, 0.717) is 6.61 Å². The first-order chi connectivity index (χ1) is 5.27. The number of nitrogens with two attached hydrogens (primary N) is 1. The van der Waals surface area contributed by atoms with Crippen molar-refractivity contribution in [3.05, 3.63) is 24.7 Å². The summed E-state index contributed by atoms with van der Waals surface area (Å²) in [6, 6.07) is 3.67. The van der Waals surface area contributed by atoms with E-state index in [-0.39, 0.29) is 0 Å². The second kappa shape index (κ2) is 6.67. The van der Waals surface area contributed by atoms with Gasteiger partial charge >= 0.3 is 6.09 Å². The molecular formula is C7H11NO3. The van der Waals surface area contributed by atoms with Crippen LogP contribution in [0, 0.1) is 0 Å². The van der Waals surface area contributed by atoms with Gasteiger partial charge in [0.25, 0.3) is 0 Å². The first-order valence-electron chi connectivity index (χ1n) is 3.16. The van der Waals surface area contributed by atoms with Crippen LogP contribution in [0.15, 0.2) is 29.1 Å². The molecule has 1 heterocycles. The number of rotatable bonds is 1. The molecule has 0 radical (unpaired) electrons. The number of ether oxygens (including phenoxy) is 1. The van der Waals surface area contributed by atoms with Gasteiger partial charge in [0.1, 0.15) is 0 Å². The fourth-order valence-corrected chi connectivity index (χ4v) is 0.369. The normalized spacial score (nSPS) is 7.73. The topological polar surface area (TPSA) is 65.5 Å². The highest BCUT2D eigenvalue weighted by molar-refractivity contribution is 5.64. The van der Waals surface area contributed by atoms with Crippen LogP contribution in [0.2, 0.25) is 0 Å². The number of carbonyl (C=O) groups excluding carboxylic acids is 1. The van der Waals surface area contributed by atoms with E-state index in [1.165, 1.54) is 0 Å². The summed E-state index contributed by atoms with van der Waals surface area (Å²) in [5.41, 5.74) is 4.54. The Morgan fingerprint density at radius 1 is 1.55 bits per heavy atom. The molecule has 0 aromatic carbocycles. The van der Waals surface area contributed by atoms with Crippen LogP contribution in [0.25, 0.3) is 0 Å². The highest BCUT2D eigenvalue weighted by Crippen LogP contribution is 1.79. The molecule has 1 rings (SSSR count). The lowest BCUT2D eigenvalue weighted by Gasteiger charge is -1.89. The van der Waals surface area contributed by atoms with Crippen molar-refractivity contribution in [1.82, 2.24) is 0 Å². The monoisotopic (exact) mass is 157 g/mol. The molecule has 0 fully saturated rings. The van der Waals surface area contributed by atoms with Gasteiger partial charge in [-0.2, -0.15) is 0 Å². The molecule has 11 heavy (non-hydrogen) atoms. The summed E-state index contributed by atoms with van der Waals surface area (Å²) in [6.07, 6.45) is 2.54. The molecule has 0 bridgehead atoms. The van der Waals surface area contributed by atoms with Gasteiger partial charge in [-0.25, -0.2) is 4.79 Å². The van der Waals surface area contributed by atoms with Crippen LogP contribution in [0.5, 0.6) is 0 Å². The summed E-state index contributed by atoms with van der Waals surface area (Å²) in [5, 5.41) is 0. The Hall–Kier alpha value is -1.45. The molecule has 0 aliphatic heterocycles. The van der Waals surface area contributed by atoms with E-state index in [2.05, 4.69) is 14.9 Å². The molecule has 4 heteroatoms. The molecule has 2 N–H and O–H groups in total. The SMILES string of the molecule is CCOC(N)=O.c1ccoc1. The molecule has 0 spiro atoms. The Morgan fingerprint density at radius 2 is 2.09 bits per heavy atom. The maximum absolute atomic E-state index is 9.60. The lowest BCUT2D eigenvalue weighted by molar-refractivity contribution is 0.163. The van der Waals surface area contributed by atoms with E-state index in [1.807, 2.05) is 12.1 Å². The van der Waals surface area contributed by atoms with Gasteiger partial charge in [0.2, 0.25) is 0 Å². The molecule has 0 aliphatic carbocycles. The van der Waals surface area contributed by atoms with E-state index >= 15 is 0 Å². The molecule has 1 aromatic rings. The number of carbonyl (C=O) groups is 1. The number of primary amides is 1. The minimum absolute atomic E-state index is 0.356. The van der Waals surface area contributed by atoms with Crippen molar-refractivity contribution < 1.29 is 13.9 Å². The lowest BCUT2D eigenvalue weighted by Crippen LogP contribution is -2.11. The average Bonchev–Trinajstić information content (AvgIpc) is 2.41. The van der Waals surface area contributed by atoms with Gasteiger partial charge in [0.05, 0.1) is 19.1 Å². The molecule has 1 amide bonds. The number of hydrogen-bond donors (Lipinski definition) is 1. The first kappa shape index (κ1) is 9.55. The summed E-state index contributed by atoms with van der Waals surface area (Å²) in [5.74, 6) is 0. The minimum atomic E-state index is -0.711. The van der Waals surface area contributed by atoms with Crippen LogP contribution in [-0.2, 0) is 4.74 Å². The fourth-order valence-electron chi connectivity index (χ4n) is 0.369. The zero-order chi connectivity index (χ0) is 8.53. The van der Waals surface area contributed by atoms with Crippen LogP contribution in [-0.4, -0.2) is 12.7 Å². The van der Waals surface area contributed by atoms with Gasteiger partial charge in [0.15, 0.2) is 0 Å². The molecule has 4 nitrogen and oxygen atoms in total. The van der Waals surface area contributed by atoms with Crippen molar-refractivity contribution in [2.75, 3.05) is 6.61 Å². The molecule has 0 aliphatic rings. The van der Waals surface area contributed by atoms with Crippen LogP contribution >= 0.6 is 0 Å². The summed E-state index contributed by atoms with van der Waals surface area (Å²) in [4.78, 5) is 9.60. The Balaban J connectivity index is 0.000000183. The Kier molecular flexibility index (Phi) is 5.79. The Labute approximate surface area is 64.9 Å². The standard InChI is InChI=1S/C4H4O.C3H7NO2/c1-2-4-5-3-1;1-2-6-3(4)5/h1-4H;2H2,1H3,(H2,4,5). The van der Waals surface area contributed by atoms with Gasteiger partial charge in [-0.05, 0) is 19.1 Å². The molecule has 1 aromatic heterocycles. The third-order valence-corrected chi connectivity index (χ3v) is 0.712. The Morgan fingerprint density at radius 3 is 2.18 bits per heavy atom. The van der Waals surface area contributed by atoms with E-state index in [1.54, 1.807) is 19.5 Å². The number of amides is 1. The van der Waals surface area contributed by atoms with Crippen LogP contribution in [0.1, 0.15) is 6.92 Å². The van der Waals surface area contributed by atoms with E-state index in [0.717, 1.165) is 0 Å². The van der Waals surface area contributed by atoms with Crippen LogP contribution in [0.4, 0.5) is 4.79 Å². The summed E-state index contributed by atoms with van der Waals surface area (Å²) in [6.45, 7) is 2.06. The zero-order valence-electron chi connectivity index (χ0n) is 6.32. The first-order valence-corrected chi connectivity index (χ1v) is 3.16. The molecular weight excluding hydrogens is 146 g/mol. The van der Waals surface area contributed by atoms with Crippen molar-refractivity contribution in [3.63, 3.8) is 0 Å². The number of hydrogen-bond acceptors (Lipinski definition) is 3. The van der Waals surface area contributed by atoms with Crippen molar-refractivity contribution in [3.8, 4) is 0 Å². The number of furan rings is 1. The Bertz CT molecular complexity index is 155. The summed E-state index contributed by atoms with van der Waals surface area (Å²) in [7, 11) is 0. The predicted molar refractivity (Wildman–Crippen MR) is 39.9 cm³/mol. The van der Waals surface area contributed by atoms with E-state index in [4.69, 9.17) is 0 Å². The van der Waals surface area contributed by atoms with Crippen LogP contribution in [0.3, 0.4) is 0 Å². The van der Waals surface area contributed by atoms with Gasteiger partial charge < -0.3 is 14.9 Å². The van der Waals surface area contributed by atoms with Crippen LogP contribution < -0.4 is 5.73 Å². The molecule has 0 unspecified atom stereocenters. The van der Waals surface area contributed by atoms with Crippen molar-refractivity contribution in [2.45, 2.75) is 6.92 Å². The quantitative estimate of drug-likeness (QED) is 0.669. The van der Waals surface area contributed by atoms with Gasteiger partial charge in [-0.3, -0.25) is 0 Å². The second-order valence-corrected chi connectivity index (χ2v) is 1.55. The van der Waals surface area contributed by atoms with Crippen molar-refractivity contribution >= 4 is 6.09 Å². The zero-order valence-corrected chi connectivity index (χ0v) is 6.32. The smallest absolute Gasteiger partial charge is 0.404 e. The van der Waals surface area contributed by atoms with Crippen molar-refractivity contribution in [2.24, 2.45) is 5.73 Å². The van der Waals surface area contributed by atoms with Gasteiger partial charge in [-0.15, -0.1) is 0 Å². The second-order valence-electron chi connectivity index (χ2n) is 1.55. The third-order valence-electron chi connectivity index (χ3n) is 0.712. The summed E-state index contributed by atoms with van der Waals surface area (Å²) >= 11 is 0. The largest absolute Gasteiger partial charge is 0.473 e. The molecule has 0 saturated heterocycles. The van der Waals surface area contributed by atoms with E-state index < -0.39 is 6.09 Å². The highest BCUT2D eigenvalue weighted by Gasteiger charge is 1.82. The lowest BCUT2D eigenvalue weighted by atomic mass is 10.7. The molecule has 0 saturated carbocycles. The fraction of sp³-hybridized carbons (Fsp3) is 0.286. The highest BCUT2D eigenvalue weighted by atomic mass is 16.5. The van der Waals surface area contributed by atoms with Gasteiger partial charge in [0, 0.05) is 0 Å². The van der Waals surface area contributed by atoms with E-state index in [9.17, 15) is 4.79 Å². The molecule has 0 atom stereocenters. The molecule has 62 valence electrons. The maximum atomic E-state index is 9.60. The minimum Gasteiger partial charge on any atom is -0.473 e. The van der Waals surface area contributed by atoms with Gasteiger partial charge in [-0.1, -0.05) is 0 Å². The summed E-state index contributed by atoms with van der Waals surface area (Å²) < 4.78 is 8.76. The van der Waals surface area contributed by atoms with Crippen molar-refractivity contribution in [1.29, 1.82) is 0 Å². The maximum Gasteiger partial charge on any atom is 0.404 e. The predicted octanol–water partition coefficient (Wildman–Crippen LogP) is 1.38. The average molecular weight is 157 g/mol.